The summed E-state index contributed by atoms with van der Waals surface area (Å²) in [5.41, 5.74) is 5.03. The molecule has 1 aliphatic heterocycles. The van der Waals surface area contributed by atoms with Crippen LogP contribution >= 0.6 is 0 Å². The number of carbonyl (C=O) groups excluding carboxylic acids is 1. The van der Waals surface area contributed by atoms with Crippen LogP contribution in [0.1, 0.15) is 108 Å². The van der Waals surface area contributed by atoms with Crippen molar-refractivity contribution < 1.29 is 4.79 Å². The summed E-state index contributed by atoms with van der Waals surface area (Å²) in [6.45, 7) is 8.40. The summed E-state index contributed by atoms with van der Waals surface area (Å²) in [4.78, 5) is 15.2. The van der Waals surface area contributed by atoms with Gasteiger partial charge in [0, 0.05) is 18.7 Å². The van der Waals surface area contributed by atoms with Gasteiger partial charge < -0.3 is 4.90 Å². The van der Waals surface area contributed by atoms with Crippen molar-refractivity contribution in [3.05, 3.63) is 29.3 Å². The molecular weight excluding hydrogens is 414 g/mol. The van der Waals surface area contributed by atoms with Gasteiger partial charge in [-0.1, -0.05) is 44.4 Å². The fourth-order valence-electron chi connectivity index (χ4n) is 10.3. The minimum Gasteiger partial charge on any atom is -0.312 e. The van der Waals surface area contributed by atoms with Gasteiger partial charge >= 0.3 is 0 Å². The molecule has 7 unspecified atom stereocenters. The van der Waals surface area contributed by atoms with Crippen LogP contribution in [0.2, 0.25) is 0 Å². The molecule has 1 aromatic carbocycles. The average molecular weight is 462 g/mol. The molecule has 5 aliphatic rings. The molecule has 2 nitrogen and oxygen atoms in total. The standard InChI is InChI=1S/C32H47NO/c1-22-10-15-29-23(21-22)17-20-33(29)30(34)9-6-8-25-12-14-27-26-13-11-24-7-4-5-18-31(24,2)28(26)16-19-32(25,27)3/h10,15,21,24-28H,4-9,11-14,16-20H2,1-3H3. The maximum absolute atomic E-state index is 13.1. The van der Waals surface area contributed by atoms with Gasteiger partial charge in [-0.2, -0.15) is 0 Å². The highest BCUT2D eigenvalue weighted by atomic mass is 16.2. The topological polar surface area (TPSA) is 20.3 Å². The van der Waals surface area contributed by atoms with Gasteiger partial charge in [0.25, 0.3) is 0 Å². The molecule has 0 aromatic heterocycles. The Bertz CT molecular complexity index is 937. The Morgan fingerprint density at radius 2 is 1.82 bits per heavy atom. The van der Waals surface area contributed by atoms with E-state index in [0.29, 0.717) is 16.7 Å². The van der Waals surface area contributed by atoms with Crippen LogP contribution in [0.3, 0.4) is 0 Å². The van der Waals surface area contributed by atoms with Crippen molar-refractivity contribution >= 4 is 11.6 Å². The van der Waals surface area contributed by atoms with Crippen molar-refractivity contribution in [3.63, 3.8) is 0 Å². The second kappa shape index (κ2) is 8.67. The van der Waals surface area contributed by atoms with Crippen molar-refractivity contribution in [1.29, 1.82) is 0 Å². The first-order chi connectivity index (χ1) is 16.4. The van der Waals surface area contributed by atoms with E-state index in [0.717, 1.165) is 55.4 Å². The van der Waals surface area contributed by atoms with Crippen molar-refractivity contribution in [2.24, 2.45) is 40.4 Å². The molecule has 2 heteroatoms. The first-order valence-electron chi connectivity index (χ1n) is 14.8. The van der Waals surface area contributed by atoms with E-state index in [9.17, 15) is 4.79 Å². The van der Waals surface area contributed by atoms with Gasteiger partial charge in [-0.25, -0.2) is 0 Å². The fourth-order valence-corrected chi connectivity index (χ4v) is 10.3. The van der Waals surface area contributed by atoms with Gasteiger partial charge in [0.15, 0.2) is 0 Å². The van der Waals surface area contributed by atoms with Crippen molar-refractivity contribution in [2.75, 3.05) is 11.4 Å². The van der Waals surface area contributed by atoms with E-state index in [4.69, 9.17) is 0 Å². The first kappa shape index (κ1) is 23.1. The zero-order chi connectivity index (χ0) is 23.5. The Kier molecular flexibility index (Phi) is 5.89. The molecule has 6 rings (SSSR count). The molecule has 1 heterocycles. The lowest BCUT2D eigenvalue weighted by Crippen LogP contribution is -2.52. The molecule has 0 N–H and O–H groups in total. The largest absolute Gasteiger partial charge is 0.312 e. The Labute approximate surface area is 208 Å². The van der Waals surface area contributed by atoms with Gasteiger partial charge in [-0.15, -0.1) is 0 Å². The minimum atomic E-state index is 0.356. The fraction of sp³-hybridized carbons (Fsp3) is 0.781. The zero-order valence-corrected chi connectivity index (χ0v) is 22.1. The van der Waals surface area contributed by atoms with Crippen molar-refractivity contribution in [1.82, 2.24) is 0 Å². The summed E-state index contributed by atoms with van der Waals surface area (Å²) >= 11 is 0. The smallest absolute Gasteiger partial charge is 0.226 e. The van der Waals surface area contributed by atoms with E-state index in [-0.39, 0.29) is 0 Å². The van der Waals surface area contributed by atoms with Crippen LogP contribution < -0.4 is 4.90 Å². The van der Waals surface area contributed by atoms with Crippen LogP contribution in [0.4, 0.5) is 5.69 Å². The summed E-state index contributed by atoms with van der Waals surface area (Å²) in [6.07, 6.45) is 19.0. The van der Waals surface area contributed by atoms with Crippen LogP contribution in [-0.2, 0) is 11.2 Å². The number of amides is 1. The normalized spacial score (nSPS) is 40.9. The predicted molar refractivity (Wildman–Crippen MR) is 141 cm³/mol. The third-order valence-electron chi connectivity index (χ3n) is 12.2. The summed E-state index contributed by atoms with van der Waals surface area (Å²) in [7, 11) is 0. The molecule has 0 spiro atoms. The molecule has 0 bridgehead atoms. The van der Waals surface area contributed by atoms with E-state index < -0.39 is 0 Å². The summed E-state index contributed by atoms with van der Waals surface area (Å²) < 4.78 is 0. The van der Waals surface area contributed by atoms with E-state index in [1.54, 1.807) is 0 Å². The number of fused-ring (bicyclic) bond motifs is 6. The molecule has 1 amide bonds. The van der Waals surface area contributed by atoms with Crippen LogP contribution in [-0.4, -0.2) is 12.5 Å². The van der Waals surface area contributed by atoms with Crippen LogP contribution in [0.15, 0.2) is 18.2 Å². The molecule has 7 atom stereocenters. The Balaban J connectivity index is 1.08. The molecule has 4 saturated carbocycles. The summed E-state index contributed by atoms with van der Waals surface area (Å²) in [5.74, 6) is 5.18. The number of carbonyl (C=O) groups is 1. The Hall–Kier alpha value is -1.31. The molecule has 186 valence electrons. The molecule has 34 heavy (non-hydrogen) atoms. The zero-order valence-electron chi connectivity index (χ0n) is 22.1. The molecule has 1 aromatic rings. The van der Waals surface area contributed by atoms with Crippen LogP contribution in [0.25, 0.3) is 0 Å². The highest BCUT2D eigenvalue weighted by molar-refractivity contribution is 5.95. The summed E-state index contributed by atoms with van der Waals surface area (Å²) in [5, 5.41) is 0. The SMILES string of the molecule is Cc1ccc2c(c1)CCN2C(=O)CCCC1CCC2C3CCC4CCCCC4(C)C3CCC12C. The Morgan fingerprint density at radius 3 is 2.71 bits per heavy atom. The second-order valence-corrected chi connectivity index (χ2v) is 13.5. The van der Waals surface area contributed by atoms with E-state index in [1.807, 2.05) is 0 Å². The molecular formula is C32H47NO. The molecule has 4 aliphatic carbocycles. The van der Waals surface area contributed by atoms with E-state index >= 15 is 0 Å². The lowest BCUT2D eigenvalue weighted by Gasteiger charge is -2.60. The first-order valence-corrected chi connectivity index (χ1v) is 14.8. The van der Waals surface area contributed by atoms with Crippen LogP contribution in [0.5, 0.6) is 0 Å². The second-order valence-electron chi connectivity index (χ2n) is 13.5. The van der Waals surface area contributed by atoms with E-state index in [1.165, 1.54) is 87.4 Å². The van der Waals surface area contributed by atoms with Crippen LogP contribution in [0, 0.1) is 47.3 Å². The highest BCUT2D eigenvalue weighted by Gasteiger charge is 2.59. The highest BCUT2D eigenvalue weighted by Crippen LogP contribution is 2.67. The van der Waals surface area contributed by atoms with Gasteiger partial charge in [0.2, 0.25) is 5.91 Å². The molecule has 4 fully saturated rings. The number of anilines is 1. The maximum Gasteiger partial charge on any atom is 0.226 e. The number of rotatable bonds is 4. The van der Waals surface area contributed by atoms with Gasteiger partial charge in [0.05, 0.1) is 0 Å². The van der Waals surface area contributed by atoms with E-state index in [2.05, 4.69) is 43.9 Å². The molecule has 0 radical (unpaired) electrons. The molecule has 0 saturated heterocycles. The monoisotopic (exact) mass is 461 g/mol. The van der Waals surface area contributed by atoms with Crippen molar-refractivity contribution in [3.8, 4) is 0 Å². The third kappa shape index (κ3) is 3.60. The van der Waals surface area contributed by atoms with Gasteiger partial charge in [0.1, 0.15) is 0 Å². The van der Waals surface area contributed by atoms with Gasteiger partial charge in [-0.05, 0) is 130 Å². The number of aryl methyl sites for hydroxylation is 1. The average Bonchev–Trinajstić information content (AvgIpc) is 3.39. The Morgan fingerprint density at radius 1 is 0.971 bits per heavy atom. The summed E-state index contributed by atoms with van der Waals surface area (Å²) in [6, 6.07) is 6.58. The number of hydrogen-bond acceptors (Lipinski definition) is 1. The lowest BCUT2D eigenvalue weighted by molar-refractivity contribution is -0.119. The van der Waals surface area contributed by atoms with Gasteiger partial charge in [-0.3, -0.25) is 4.79 Å². The maximum atomic E-state index is 13.1. The number of hydrogen-bond donors (Lipinski definition) is 0. The quantitative estimate of drug-likeness (QED) is 0.443. The number of benzene rings is 1. The third-order valence-corrected chi connectivity index (χ3v) is 12.2. The van der Waals surface area contributed by atoms with Crippen molar-refractivity contribution in [2.45, 2.75) is 111 Å². The minimum absolute atomic E-state index is 0.356. The number of nitrogens with zero attached hydrogens (tertiary/aromatic N) is 1. The lowest BCUT2D eigenvalue weighted by atomic mass is 9.45. The predicted octanol–water partition coefficient (Wildman–Crippen LogP) is 8.10.